The number of carbonyl (C=O) groups excluding carboxylic acids is 1. The summed E-state index contributed by atoms with van der Waals surface area (Å²) >= 11 is 0. The van der Waals surface area contributed by atoms with Crippen molar-refractivity contribution in [2.24, 2.45) is 5.11 Å². The van der Waals surface area contributed by atoms with E-state index in [2.05, 4.69) is 25.1 Å². The molecule has 148 valence electrons. The van der Waals surface area contributed by atoms with Gasteiger partial charge in [-0.15, -0.1) is 0 Å². The van der Waals surface area contributed by atoms with Gasteiger partial charge in [0.05, 0.1) is 13.7 Å². The molecule has 9 nitrogen and oxygen atoms in total. The summed E-state index contributed by atoms with van der Waals surface area (Å²) in [6.45, 7) is 1.59. The van der Waals surface area contributed by atoms with E-state index in [-0.39, 0.29) is 5.70 Å². The van der Waals surface area contributed by atoms with Gasteiger partial charge in [-0.1, -0.05) is 29.4 Å². The van der Waals surface area contributed by atoms with E-state index in [1.165, 1.54) is 13.2 Å². The van der Waals surface area contributed by atoms with Crippen molar-refractivity contribution in [1.82, 2.24) is 10.3 Å². The molecule has 0 aliphatic heterocycles. The Kier molecular flexibility index (Phi) is 6.83. The minimum Gasteiger partial charge on any atom is -0.492 e. The van der Waals surface area contributed by atoms with E-state index in [0.29, 0.717) is 36.9 Å². The molecule has 29 heavy (non-hydrogen) atoms. The molecule has 3 rings (SSSR count). The maximum atomic E-state index is 11.5. The molecule has 0 amide bonds. The third kappa shape index (κ3) is 5.58. The Morgan fingerprint density at radius 3 is 2.79 bits per heavy atom. The number of hydrogen-bond donors (Lipinski definition) is 1. The van der Waals surface area contributed by atoms with E-state index in [0.717, 1.165) is 11.1 Å². The number of esters is 1. The number of hydrogen-bond acceptors (Lipinski definition) is 7. The van der Waals surface area contributed by atoms with Gasteiger partial charge in [-0.05, 0) is 41.4 Å². The molecule has 0 spiro atoms. The fourth-order valence-corrected chi connectivity index (χ4v) is 2.53. The van der Waals surface area contributed by atoms with Gasteiger partial charge in [0.25, 0.3) is 0 Å². The third-order valence-electron chi connectivity index (χ3n) is 3.89. The van der Waals surface area contributed by atoms with Crippen LogP contribution in [0.1, 0.15) is 11.5 Å². The summed E-state index contributed by atoms with van der Waals surface area (Å²) in [4.78, 5) is 18.6. The molecule has 1 heterocycles. The summed E-state index contributed by atoms with van der Waals surface area (Å²) in [6, 6.07) is 14.6. The highest BCUT2D eigenvalue weighted by atomic mass is 16.5. The number of ether oxygens (including phenoxy) is 2. The Morgan fingerprint density at radius 2 is 2.07 bits per heavy atom. The van der Waals surface area contributed by atoms with E-state index in [4.69, 9.17) is 14.7 Å². The largest absolute Gasteiger partial charge is 0.492 e. The number of oxazole rings is 1. The monoisotopic (exact) mass is 393 g/mol. The average Bonchev–Trinajstić information content (AvgIpc) is 3.16. The number of methoxy groups -OCH3 is 1. The first-order valence-corrected chi connectivity index (χ1v) is 8.83. The molecule has 0 unspecified atom stereocenters. The number of aromatic nitrogens is 1. The first-order chi connectivity index (χ1) is 14.2. The zero-order valence-corrected chi connectivity index (χ0v) is 15.7. The highest BCUT2D eigenvalue weighted by Crippen LogP contribution is 2.16. The maximum absolute atomic E-state index is 11.5. The van der Waals surface area contributed by atoms with Gasteiger partial charge in [0.2, 0.25) is 5.89 Å². The van der Waals surface area contributed by atoms with E-state index in [1.807, 2.05) is 24.3 Å². The second-order valence-corrected chi connectivity index (χ2v) is 5.88. The zero-order valence-electron chi connectivity index (χ0n) is 15.7. The molecule has 0 aliphatic rings. The van der Waals surface area contributed by atoms with Crippen LogP contribution in [0.5, 0.6) is 5.75 Å². The highest BCUT2D eigenvalue weighted by Gasteiger charge is 2.07. The molecule has 0 aliphatic carbocycles. The lowest BCUT2D eigenvalue weighted by molar-refractivity contribution is -0.136. The molecular formula is C20H19N5O4. The number of benzene rings is 2. The molecular weight excluding hydrogens is 374 g/mol. The Hall–Kier alpha value is -3.81. The second kappa shape index (κ2) is 9.93. The number of azide groups is 1. The second-order valence-electron chi connectivity index (χ2n) is 5.88. The van der Waals surface area contributed by atoms with Gasteiger partial charge in [-0.25, -0.2) is 9.78 Å². The highest BCUT2D eigenvalue weighted by molar-refractivity contribution is 5.93. The van der Waals surface area contributed by atoms with Crippen LogP contribution in [-0.2, 0) is 16.1 Å². The molecule has 1 aromatic heterocycles. The summed E-state index contributed by atoms with van der Waals surface area (Å²) in [6.07, 6.45) is 1.44. The topological polar surface area (TPSA) is 122 Å². The van der Waals surface area contributed by atoms with Crippen LogP contribution in [0.2, 0.25) is 0 Å². The normalized spacial score (nSPS) is 11.1. The summed E-state index contributed by atoms with van der Waals surface area (Å²) in [7, 11) is 1.22. The van der Waals surface area contributed by atoms with Crippen molar-refractivity contribution < 1.29 is 18.7 Å². The SMILES string of the molecule is COC(=O)C(=Cc1ccc(OCCNCc2nc3ccccc3o2)cc1)N=[N+]=[N-]. The number of nitrogens with zero attached hydrogens (tertiary/aromatic N) is 4. The molecule has 0 fully saturated rings. The number of rotatable bonds is 9. The summed E-state index contributed by atoms with van der Waals surface area (Å²) < 4.78 is 15.9. The van der Waals surface area contributed by atoms with E-state index in [9.17, 15) is 4.79 Å². The van der Waals surface area contributed by atoms with Crippen LogP contribution >= 0.6 is 0 Å². The van der Waals surface area contributed by atoms with Gasteiger partial charge in [-0.3, -0.25) is 0 Å². The van der Waals surface area contributed by atoms with Crippen LogP contribution in [0.25, 0.3) is 27.6 Å². The van der Waals surface area contributed by atoms with Crippen molar-refractivity contribution in [3.63, 3.8) is 0 Å². The van der Waals surface area contributed by atoms with Crippen molar-refractivity contribution in [3.05, 3.63) is 76.1 Å². The van der Waals surface area contributed by atoms with E-state index in [1.54, 1.807) is 24.3 Å². The van der Waals surface area contributed by atoms with Gasteiger partial charge in [-0.2, -0.15) is 0 Å². The van der Waals surface area contributed by atoms with Crippen molar-refractivity contribution in [1.29, 1.82) is 0 Å². The molecule has 0 radical (unpaired) electrons. The van der Waals surface area contributed by atoms with Crippen LogP contribution in [0.15, 0.2) is 63.8 Å². The van der Waals surface area contributed by atoms with Crippen LogP contribution in [0, 0.1) is 0 Å². The van der Waals surface area contributed by atoms with Crippen molar-refractivity contribution >= 4 is 23.1 Å². The zero-order chi connectivity index (χ0) is 20.5. The lowest BCUT2D eigenvalue weighted by atomic mass is 10.2. The van der Waals surface area contributed by atoms with E-state index < -0.39 is 5.97 Å². The van der Waals surface area contributed by atoms with Crippen molar-refractivity contribution in [2.45, 2.75) is 6.54 Å². The average molecular weight is 393 g/mol. The Balaban J connectivity index is 1.46. The van der Waals surface area contributed by atoms with Crippen LogP contribution < -0.4 is 10.1 Å². The van der Waals surface area contributed by atoms with Crippen LogP contribution in [-0.4, -0.2) is 31.2 Å². The molecule has 3 aromatic rings. The number of nitrogens with one attached hydrogen (secondary N) is 1. The van der Waals surface area contributed by atoms with Gasteiger partial charge in [0.15, 0.2) is 5.58 Å². The molecule has 9 heteroatoms. The predicted molar refractivity (Wildman–Crippen MR) is 107 cm³/mol. The van der Waals surface area contributed by atoms with Gasteiger partial charge >= 0.3 is 5.97 Å². The van der Waals surface area contributed by atoms with Crippen LogP contribution in [0.4, 0.5) is 0 Å². The quantitative estimate of drug-likeness (QED) is 0.147. The minimum atomic E-state index is -0.701. The summed E-state index contributed by atoms with van der Waals surface area (Å²) in [5.41, 5.74) is 10.7. The number of fused-ring (bicyclic) bond motifs is 1. The van der Waals surface area contributed by atoms with Gasteiger partial charge in [0.1, 0.15) is 23.6 Å². The van der Waals surface area contributed by atoms with Gasteiger partial charge < -0.3 is 19.2 Å². The molecule has 2 aromatic carbocycles. The molecule has 0 bridgehead atoms. The molecule has 1 N–H and O–H groups in total. The van der Waals surface area contributed by atoms with E-state index >= 15 is 0 Å². The Labute approximate surface area is 166 Å². The number of carbonyl (C=O) groups is 1. The molecule has 0 atom stereocenters. The number of para-hydroxylation sites is 2. The smallest absolute Gasteiger partial charge is 0.340 e. The molecule has 0 saturated heterocycles. The first kappa shape index (κ1) is 19.9. The van der Waals surface area contributed by atoms with Gasteiger partial charge in [0, 0.05) is 11.5 Å². The fraction of sp³-hybridized carbons (Fsp3) is 0.200. The fourth-order valence-electron chi connectivity index (χ4n) is 2.53. The molecule has 0 saturated carbocycles. The minimum absolute atomic E-state index is 0.118. The summed E-state index contributed by atoms with van der Waals surface area (Å²) in [5.74, 6) is 0.603. The Bertz CT molecular complexity index is 1020. The third-order valence-corrected chi connectivity index (χ3v) is 3.89. The van der Waals surface area contributed by atoms with Crippen molar-refractivity contribution in [2.75, 3.05) is 20.3 Å². The lowest BCUT2D eigenvalue weighted by Gasteiger charge is -2.07. The van der Waals surface area contributed by atoms with Crippen molar-refractivity contribution in [3.8, 4) is 5.75 Å². The first-order valence-electron chi connectivity index (χ1n) is 8.83. The Morgan fingerprint density at radius 1 is 1.28 bits per heavy atom. The standard InChI is InChI=1S/C20H19N5O4/c1-27-20(26)17(24-25-21)12-14-6-8-15(9-7-14)28-11-10-22-13-19-23-16-4-2-3-5-18(16)29-19/h2-9,12,22H,10-11,13H2,1H3. The van der Waals surface area contributed by atoms with Crippen LogP contribution in [0.3, 0.4) is 0 Å². The lowest BCUT2D eigenvalue weighted by Crippen LogP contribution is -2.20. The maximum Gasteiger partial charge on any atom is 0.340 e. The summed E-state index contributed by atoms with van der Waals surface area (Å²) in [5, 5.41) is 6.55. The predicted octanol–water partition coefficient (Wildman–Crippen LogP) is 3.82.